The lowest BCUT2D eigenvalue weighted by atomic mass is 10.2. The normalized spacial score (nSPS) is 10.2. The number of hydrogen-bond acceptors (Lipinski definition) is 3. The van der Waals surface area contributed by atoms with Crippen LogP contribution in [0.4, 0.5) is 5.69 Å². The molecule has 0 bridgehead atoms. The molecule has 78 valence electrons. The zero-order valence-electron chi connectivity index (χ0n) is 8.23. The zero-order valence-corrected chi connectivity index (χ0v) is 8.23. The van der Waals surface area contributed by atoms with Crippen LogP contribution in [0.1, 0.15) is 0 Å². The number of imidazole rings is 1. The molecule has 1 aromatic heterocycles. The lowest BCUT2D eigenvalue weighted by molar-refractivity contribution is 0.413. The van der Waals surface area contributed by atoms with Crippen LogP contribution in [0.15, 0.2) is 35.4 Å². The molecule has 0 saturated carbocycles. The molecule has 0 radical (unpaired) electrons. The molecule has 0 aliphatic rings. The van der Waals surface area contributed by atoms with E-state index in [1.54, 1.807) is 30.6 Å². The largest absolute Gasteiger partial charge is 0.494 e. The number of anilines is 1. The predicted molar refractivity (Wildman–Crippen MR) is 57.4 cm³/mol. The highest BCUT2D eigenvalue weighted by atomic mass is 16.5. The average molecular weight is 205 g/mol. The third-order valence-corrected chi connectivity index (χ3v) is 2.11. The van der Waals surface area contributed by atoms with E-state index in [1.165, 1.54) is 11.7 Å². The number of nitrogens with zero attached hydrogens (tertiary/aromatic N) is 1. The van der Waals surface area contributed by atoms with Crippen molar-refractivity contribution in [3.8, 4) is 11.4 Å². The molecule has 0 spiro atoms. The first-order chi connectivity index (χ1) is 7.22. The van der Waals surface area contributed by atoms with Gasteiger partial charge in [-0.25, -0.2) is 4.79 Å². The minimum absolute atomic E-state index is 0.210. The lowest BCUT2D eigenvalue weighted by Crippen LogP contribution is -2.14. The molecule has 0 saturated heterocycles. The Kier molecular flexibility index (Phi) is 2.21. The first-order valence-corrected chi connectivity index (χ1v) is 4.42. The van der Waals surface area contributed by atoms with E-state index < -0.39 is 0 Å². The van der Waals surface area contributed by atoms with E-state index in [2.05, 4.69) is 4.98 Å². The van der Waals surface area contributed by atoms with Gasteiger partial charge in [0, 0.05) is 24.1 Å². The summed E-state index contributed by atoms with van der Waals surface area (Å²) in [4.78, 5) is 13.9. The fraction of sp³-hybridized carbons (Fsp3) is 0.100. The number of nitrogen functional groups attached to an aromatic ring is 1. The topological polar surface area (TPSA) is 73.0 Å². The van der Waals surface area contributed by atoms with E-state index in [1.807, 2.05) is 0 Å². The van der Waals surface area contributed by atoms with Crippen molar-refractivity contribution in [1.29, 1.82) is 0 Å². The summed E-state index contributed by atoms with van der Waals surface area (Å²) >= 11 is 0. The highest BCUT2D eigenvalue weighted by molar-refractivity contribution is 5.55. The van der Waals surface area contributed by atoms with Gasteiger partial charge in [0.15, 0.2) is 0 Å². The van der Waals surface area contributed by atoms with Gasteiger partial charge in [-0.1, -0.05) is 0 Å². The van der Waals surface area contributed by atoms with Gasteiger partial charge in [-0.05, 0) is 12.1 Å². The summed E-state index contributed by atoms with van der Waals surface area (Å²) in [6.07, 6.45) is 3.20. The van der Waals surface area contributed by atoms with Crippen molar-refractivity contribution in [3.63, 3.8) is 0 Å². The van der Waals surface area contributed by atoms with E-state index >= 15 is 0 Å². The second-order valence-corrected chi connectivity index (χ2v) is 3.07. The third kappa shape index (κ3) is 1.59. The molecule has 15 heavy (non-hydrogen) atoms. The van der Waals surface area contributed by atoms with Crippen LogP contribution in [0.5, 0.6) is 5.75 Å². The standard InChI is InChI=1S/C10H11N3O2/c1-15-9-6-7(11)2-3-8(9)13-5-4-12-10(13)14/h2-6H,11H2,1H3,(H,12,14). The number of nitrogens with one attached hydrogen (secondary N) is 1. The van der Waals surface area contributed by atoms with Gasteiger partial charge in [0.1, 0.15) is 5.75 Å². The number of aromatic nitrogens is 2. The maximum Gasteiger partial charge on any atom is 0.330 e. The SMILES string of the molecule is COc1cc(N)ccc1-n1cc[nH]c1=O. The van der Waals surface area contributed by atoms with Crippen molar-refractivity contribution < 1.29 is 4.74 Å². The van der Waals surface area contributed by atoms with Crippen LogP contribution in [0, 0.1) is 0 Å². The third-order valence-electron chi connectivity index (χ3n) is 2.11. The molecule has 0 aliphatic heterocycles. The number of benzene rings is 1. The van der Waals surface area contributed by atoms with Gasteiger partial charge >= 0.3 is 5.69 Å². The fourth-order valence-electron chi connectivity index (χ4n) is 1.40. The Morgan fingerprint density at radius 1 is 1.47 bits per heavy atom. The van der Waals surface area contributed by atoms with Gasteiger partial charge in [-0.2, -0.15) is 0 Å². The lowest BCUT2D eigenvalue weighted by Gasteiger charge is -2.08. The second kappa shape index (κ2) is 3.53. The summed E-state index contributed by atoms with van der Waals surface area (Å²) in [5.74, 6) is 0.566. The van der Waals surface area contributed by atoms with Crippen molar-refractivity contribution in [2.24, 2.45) is 0 Å². The van der Waals surface area contributed by atoms with Crippen molar-refractivity contribution in [1.82, 2.24) is 9.55 Å². The summed E-state index contributed by atoms with van der Waals surface area (Å²) in [5, 5.41) is 0. The molecule has 0 unspecified atom stereocenters. The Bertz CT molecular complexity index is 527. The molecule has 0 atom stereocenters. The van der Waals surface area contributed by atoms with Crippen LogP contribution >= 0.6 is 0 Å². The average Bonchev–Trinajstić information content (AvgIpc) is 2.64. The molecule has 2 rings (SSSR count). The van der Waals surface area contributed by atoms with Crippen molar-refractivity contribution in [2.45, 2.75) is 0 Å². The number of aromatic amines is 1. The Labute approximate surface area is 86.1 Å². The van der Waals surface area contributed by atoms with Crippen molar-refractivity contribution in [3.05, 3.63) is 41.1 Å². The second-order valence-electron chi connectivity index (χ2n) is 3.07. The van der Waals surface area contributed by atoms with Crippen LogP contribution in [-0.4, -0.2) is 16.7 Å². The van der Waals surface area contributed by atoms with Crippen molar-refractivity contribution in [2.75, 3.05) is 12.8 Å². The number of nitrogens with two attached hydrogens (primary N) is 1. The highest BCUT2D eigenvalue weighted by Crippen LogP contribution is 2.23. The van der Waals surface area contributed by atoms with Gasteiger partial charge in [-0.15, -0.1) is 0 Å². The predicted octanol–water partition coefficient (Wildman–Crippen LogP) is 0.756. The molecule has 5 heteroatoms. The van der Waals surface area contributed by atoms with E-state index in [0.717, 1.165) is 0 Å². The monoisotopic (exact) mass is 205 g/mol. The van der Waals surface area contributed by atoms with Gasteiger partial charge in [0.05, 0.1) is 12.8 Å². The molecule has 0 amide bonds. The van der Waals surface area contributed by atoms with E-state index in [-0.39, 0.29) is 5.69 Å². The maximum absolute atomic E-state index is 11.4. The number of rotatable bonds is 2. The van der Waals surface area contributed by atoms with E-state index in [4.69, 9.17) is 10.5 Å². The summed E-state index contributed by atoms with van der Waals surface area (Å²) in [6.45, 7) is 0. The first-order valence-electron chi connectivity index (χ1n) is 4.42. The molecule has 2 aromatic rings. The summed E-state index contributed by atoms with van der Waals surface area (Å²) in [6, 6.07) is 5.13. The van der Waals surface area contributed by atoms with Crippen LogP contribution < -0.4 is 16.2 Å². The van der Waals surface area contributed by atoms with Crippen LogP contribution in [0.2, 0.25) is 0 Å². The molecule has 0 fully saturated rings. The Hall–Kier alpha value is -2.17. The minimum atomic E-state index is -0.210. The van der Waals surface area contributed by atoms with Crippen LogP contribution in [0.25, 0.3) is 5.69 Å². The molecule has 1 heterocycles. The number of ether oxygens (including phenoxy) is 1. The van der Waals surface area contributed by atoms with Gasteiger partial charge in [0.25, 0.3) is 0 Å². The van der Waals surface area contributed by atoms with Crippen LogP contribution in [-0.2, 0) is 0 Å². The van der Waals surface area contributed by atoms with Gasteiger partial charge in [-0.3, -0.25) is 4.57 Å². The molecule has 0 aliphatic carbocycles. The number of hydrogen-bond donors (Lipinski definition) is 2. The van der Waals surface area contributed by atoms with E-state index in [0.29, 0.717) is 17.1 Å². The van der Waals surface area contributed by atoms with Crippen LogP contribution in [0.3, 0.4) is 0 Å². The summed E-state index contributed by atoms with van der Waals surface area (Å²) in [5.41, 5.74) is 6.67. The summed E-state index contributed by atoms with van der Waals surface area (Å²) in [7, 11) is 1.54. The molecule has 5 nitrogen and oxygen atoms in total. The van der Waals surface area contributed by atoms with Crippen molar-refractivity contribution >= 4 is 5.69 Å². The Morgan fingerprint density at radius 3 is 2.87 bits per heavy atom. The number of methoxy groups -OCH3 is 1. The van der Waals surface area contributed by atoms with Gasteiger partial charge in [0.2, 0.25) is 0 Å². The summed E-state index contributed by atoms with van der Waals surface area (Å²) < 4.78 is 6.61. The minimum Gasteiger partial charge on any atom is -0.494 e. The highest BCUT2D eigenvalue weighted by Gasteiger charge is 2.07. The smallest absolute Gasteiger partial charge is 0.330 e. The Balaban J connectivity index is 2.63. The molecular weight excluding hydrogens is 194 g/mol. The Morgan fingerprint density at radius 2 is 2.27 bits per heavy atom. The number of H-pyrrole nitrogens is 1. The zero-order chi connectivity index (χ0) is 10.8. The fourth-order valence-corrected chi connectivity index (χ4v) is 1.40. The van der Waals surface area contributed by atoms with Gasteiger partial charge < -0.3 is 15.5 Å². The quantitative estimate of drug-likeness (QED) is 0.711. The molecule has 3 N–H and O–H groups in total. The molecule has 1 aromatic carbocycles. The maximum atomic E-state index is 11.4. The van der Waals surface area contributed by atoms with E-state index in [9.17, 15) is 4.79 Å². The first kappa shape index (κ1) is 9.39. The molecular formula is C10H11N3O2.